The van der Waals surface area contributed by atoms with Gasteiger partial charge in [-0.1, -0.05) is 25.1 Å². The Morgan fingerprint density at radius 1 is 1.38 bits per heavy atom. The van der Waals surface area contributed by atoms with Crippen LogP contribution in [0.1, 0.15) is 25.8 Å². The smallest absolute Gasteiger partial charge is 0.306 e. The average Bonchev–Trinajstić information content (AvgIpc) is 2.27. The second-order valence-corrected chi connectivity index (χ2v) is 3.69. The van der Waals surface area contributed by atoms with Crippen LogP contribution in [0.25, 0.3) is 0 Å². The molecular weight excluding hydrogens is 204 g/mol. The minimum absolute atomic E-state index is 0.332. The first-order valence-corrected chi connectivity index (χ1v) is 5.62. The summed E-state index contributed by atoms with van der Waals surface area (Å²) in [5, 5.41) is 9.01. The second kappa shape index (κ2) is 6.16. The van der Waals surface area contributed by atoms with Gasteiger partial charge in [-0.05, 0) is 31.4 Å². The van der Waals surface area contributed by atoms with Crippen LogP contribution in [-0.2, 0) is 11.2 Å². The third-order valence-corrected chi connectivity index (χ3v) is 2.58. The van der Waals surface area contributed by atoms with E-state index < -0.39 is 5.97 Å². The van der Waals surface area contributed by atoms with Crippen LogP contribution >= 0.6 is 0 Å². The first-order chi connectivity index (χ1) is 7.69. The molecule has 0 fully saturated rings. The van der Waals surface area contributed by atoms with Crippen molar-refractivity contribution < 1.29 is 14.6 Å². The molecule has 1 aromatic carbocycles. The number of carboxylic acid groups (broad SMARTS) is 1. The highest BCUT2D eigenvalue weighted by Gasteiger charge is 2.17. The number of hydrogen-bond donors (Lipinski definition) is 1. The fraction of sp³-hybridized carbons (Fsp3) is 0.462. The van der Waals surface area contributed by atoms with Gasteiger partial charge >= 0.3 is 5.97 Å². The Kier molecular flexibility index (Phi) is 4.83. The van der Waals surface area contributed by atoms with Gasteiger partial charge in [0, 0.05) is 0 Å². The zero-order chi connectivity index (χ0) is 12.0. The molecule has 0 spiro atoms. The van der Waals surface area contributed by atoms with Crippen LogP contribution in [0, 0.1) is 5.92 Å². The molecule has 1 atom stereocenters. The Morgan fingerprint density at radius 3 is 2.62 bits per heavy atom. The van der Waals surface area contributed by atoms with Crippen molar-refractivity contribution in [3.05, 3.63) is 29.8 Å². The molecular formula is C13H18O3. The molecule has 0 aliphatic carbocycles. The molecule has 0 aromatic heterocycles. The van der Waals surface area contributed by atoms with Gasteiger partial charge in [-0.25, -0.2) is 0 Å². The van der Waals surface area contributed by atoms with E-state index in [-0.39, 0.29) is 5.92 Å². The van der Waals surface area contributed by atoms with E-state index in [2.05, 4.69) is 0 Å². The Morgan fingerprint density at radius 2 is 2.06 bits per heavy atom. The van der Waals surface area contributed by atoms with Gasteiger partial charge in [0.1, 0.15) is 5.75 Å². The summed E-state index contributed by atoms with van der Waals surface area (Å²) in [6.07, 6.45) is 1.16. The number of rotatable bonds is 6. The normalized spacial score (nSPS) is 12.1. The van der Waals surface area contributed by atoms with Crippen molar-refractivity contribution in [2.24, 2.45) is 5.92 Å². The molecule has 0 radical (unpaired) electrons. The van der Waals surface area contributed by atoms with E-state index in [0.717, 1.165) is 11.3 Å². The Labute approximate surface area is 96.1 Å². The first kappa shape index (κ1) is 12.6. The molecule has 88 valence electrons. The van der Waals surface area contributed by atoms with Crippen molar-refractivity contribution >= 4 is 5.97 Å². The maximum atomic E-state index is 11.0. The standard InChI is InChI=1S/C13H18O3/c1-3-10(13(14)15)9-11-7-5-6-8-12(11)16-4-2/h5-8,10H,3-4,9H2,1-2H3,(H,14,15)/t10-/m1/s1. The molecule has 3 nitrogen and oxygen atoms in total. The Balaban J connectivity index is 2.82. The number of carbonyl (C=O) groups is 1. The lowest BCUT2D eigenvalue weighted by molar-refractivity contribution is -0.141. The van der Waals surface area contributed by atoms with Crippen LogP contribution in [0.4, 0.5) is 0 Å². The molecule has 0 saturated carbocycles. The van der Waals surface area contributed by atoms with Gasteiger partial charge in [-0.15, -0.1) is 0 Å². The number of hydrogen-bond acceptors (Lipinski definition) is 2. The third-order valence-electron chi connectivity index (χ3n) is 2.58. The van der Waals surface area contributed by atoms with Gasteiger partial charge in [0.25, 0.3) is 0 Å². The van der Waals surface area contributed by atoms with E-state index in [1.54, 1.807) is 0 Å². The first-order valence-electron chi connectivity index (χ1n) is 5.62. The monoisotopic (exact) mass is 222 g/mol. The highest BCUT2D eigenvalue weighted by molar-refractivity contribution is 5.70. The zero-order valence-corrected chi connectivity index (χ0v) is 9.77. The highest BCUT2D eigenvalue weighted by atomic mass is 16.5. The third kappa shape index (κ3) is 3.26. The van der Waals surface area contributed by atoms with Crippen molar-refractivity contribution in [3.63, 3.8) is 0 Å². The summed E-state index contributed by atoms with van der Waals surface area (Å²) in [5.74, 6) is -0.278. The summed E-state index contributed by atoms with van der Waals surface area (Å²) in [5.41, 5.74) is 0.971. The van der Waals surface area contributed by atoms with E-state index in [4.69, 9.17) is 9.84 Å². The maximum Gasteiger partial charge on any atom is 0.306 e. The van der Waals surface area contributed by atoms with E-state index in [1.807, 2.05) is 38.1 Å². The lowest BCUT2D eigenvalue weighted by Crippen LogP contribution is -2.15. The SMILES string of the molecule is CCOc1ccccc1C[C@@H](CC)C(=O)O. The summed E-state index contributed by atoms with van der Waals surface area (Å²) in [6, 6.07) is 7.62. The molecule has 0 aliphatic rings. The van der Waals surface area contributed by atoms with Crippen molar-refractivity contribution in [2.75, 3.05) is 6.61 Å². The minimum atomic E-state index is -0.742. The van der Waals surface area contributed by atoms with Crippen LogP contribution in [0.15, 0.2) is 24.3 Å². The Hall–Kier alpha value is -1.51. The summed E-state index contributed by atoms with van der Waals surface area (Å²) in [7, 11) is 0. The van der Waals surface area contributed by atoms with Crippen molar-refractivity contribution in [2.45, 2.75) is 26.7 Å². The van der Waals surface area contributed by atoms with E-state index in [9.17, 15) is 4.79 Å². The largest absolute Gasteiger partial charge is 0.494 e. The number of aliphatic carboxylic acids is 1. The minimum Gasteiger partial charge on any atom is -0.494 e. The number of para-hydroxylation sites is 1. The quantitative estimate of drug-likeness (QED) is 0.805. The highest BCUT2D eigenvalue weighted by Crippen LogP contribution is 2.22. The predicted octanol–water partition coefficient (Wildman–Crippen LogP) is 2.74. The maximum absolute atomic E-state index is 11.0. The molecule has 0 bridgehead atoms. The van der Waals surface area contributed by atoms with Crippen LogP contribution < -0.4 is 4.74 Å². The topological polar surface area (TPSA) is 46.5 Å². The summed E-state index contributed by atoms with van der Waals surface area (Å²) in [6.45, 7) is 4.41. The predicted molar refractivity (Wildman–Crippen MR) is 62.7 cm³/mol. The number of benzene rings is 1. The fourth-order valence-electron chi connectivity index (χ4n) is 1.64. The van der Waals surface area contributed by atoms with E-state index in [0.29, 0.717) is 19.4 Å². The van der Waals surface area contributed by atoms with Crippen LogP contribution in [0.5, 0.6) is 5.75 Å². The summed E-state index contributed by atoms with van der Waals surface area (Å²) < 4.78 is 5.47. The van der Waals surface area contributed by atoms with E-state index >= 15 is 0 Å². The van der Waals surface area contributed by atoms with Gasteiger partial charge in [0.2, 0.25) is 0 Å². The molecule has 3 heteroatoms. The summed E-state index contributed by atoms with van der Waals surface area (Å²) >= 11 is 0. The fourth-order valence-corrected chi connectivity index (χ4v) is 1.64. The lowest BCUT2D eigenvalue weighted by Gasteiger charge is -2.13. The van der Waals surface area contributed by atoms with E-state index in [1.165, 1.54) is 0 Å². The van der Waals surface area contributed by atoms with Crippen LogP contribution in [-0.4, -0.2) is 17.7 Å². The van der Waals surface area contributed by atoms with Gasteiger partial charge in [-0.3, -0.25) is 4.79 Å². The molecule has 1 rings (SSSR count). The number of carboxylic acids is 1. The van der Waals surface area contributed by atoms with Crippen LogP contribution in [0.3, 0.4) is 0 Å². The second-order valence-electron chi connectivity index (χ2n) is 3.69. The molecule has 0 unspecified atom stereocenters. The molecule has 1 aromatic rings. The molecule has 0 amide bonds. The summed E-state index contributed by atoms with van der Waals surface area (Å²) in [4.78, 5) is 11.0. The molecule has 0 saturated heterocycles. The van der Waals surface area contributed by atoms with Crippen molar-refractivity contribution in [3.8, 4) is 5.75 Å². The lowest BCUT2D eigenvalue weighted by atomic mass is 9.96. The molecule has 16 heavy (non-hydrogen) atoms. The van der Waals surface area contributed by atoms with Gasteiger partial charge in [0.15, 0.2) is 0 Å². The zero-order valence-electron chi connectivity index (χ0n) is 9.77. The molecule has 0 aliphatic heterocycles. The number of ether oxygens (including phenoxy) is 1. The molecule has 1 N–H and O–H groups in total. The van der Waals surface area contributed by atoms with Gasteiger partial charge < -0.3 is 9.84 Å². The molecule has 0 heterocycles. The average molecular weight is 222 g/mol. The van der Waals surface area contributed by atoms with Crippen molar-refractivity contribution in [1.29, 1.82) is 0 Å². The van der Waals surface area contributed by atoms with Crippen LogP contribution in [0.2, 0.25) is 0 Å². The van der Waals surface area contributed by atoms with Gasteiger partial charge in [0.05, 0.1) is 12.5 Å². The van der Waals surface area contributed by atoms with Gasteiger partial charge in [-0.2, -0.15) is 0 Å². The van der Waals surface area contributed by atoms with Crippen molar-refractivity contribution in [1.82, 2.24) is 0 Å². The Bertz CT molecular complexity index is 347.